The summed E-state index contributed by atoms with van der Waals surface area (Å²) in [6.45, 7) is 0. The highest BCUT2D eigenvalue weighted by Crippen LogP contribution is 2.61. The van der Waals surface area contributed by atoms with Crippen LogP contribution in [0.15, 0.2) is 24.3 Å². The highest BCUT2D eigenvalue weighted by molar-refractivity contribution is 6.67. The Hall–Kier alpha value is -0.820. The molecule has 1 aromatic rings. The van der Waals surface area contributed by atoms with E-state index >= 15 is 0 Å². The number of hydrogen-bond acceptors (Lipinski definition) is 1. The van der Waals surface area contributed by atoms with Gasteiger partial charge in [-0.1, -0.05) is 18.2 Å². The first-order valence-electron chi connectivity index (χ1n) is 7.46. The molecule has 0 radical (unpaired) electrons. The lowest BCUT2D eigenvalue weighted by atomic mass is 9.47. The molecule has 0 aliphatic heterocycles. The number of benzene rings is 1. The summed E-state index contributed by atoms with van der Waals surface area (Å²) in [7, 11) is 0. The molecule has 2 heteroatoms. The van der Waals surface area contributed by atoms with Crippen molar-refractivity contribution in [2.45, 2.75) is 43.9 Å². The van der Waals surface area contributed by atoms with E-state index in [1.807, 2.05) is 12.1 Å². The first-order chi connectivity index (χ1) is 9.16. The molecule has 0 heterocycles. The third kappa shape index (κ3) is 1.78. The van der Waals surface area contributed by atoms with Crippen molar-refractivity contribution in [3.63, 3.8) is 0 Å². The summed E-state index contributed by atoms with van der Waals surface area (Å²) in [6.07, 6.45) is 8.11. The molecule has 4 aliphatic rings. The van der Waals surface area contributed by atoms with Crippen LogP contribution in [0, 0.1) is 17.8 Å². The Kier molecular flexibility index (Phi) is 2.57. The lowest BCUT2D eigenvalue weighted by Crippen LogP contribution is -2.49. The summed E-state index contributed by atoms with van der Waals surface area (Å²) in [5.74, 6) is 2.68. The maximum Gasteiger partial charge on any atom is 0.252 e. The molecular weight excluding hydrogens is 256 g/mol. The Morgan fingerprint density at radius 3 is 2.05 bits per heavy atom. The van der Waals surface area contributed by atoms with Gasteiger partial charge in [0.1, 0.15) is 0 Å². The lowest BCUT2D eigenvalue weighted by molar-refractivity contribution is -0.00546. The van der Waals surface area contributed by atoms with E-state index in [1.165, 1.54) is 44.1 Å². The third-order valence-corrected chi connectivity index (χ3v) is 5.95. The molecule has 0 N–H and O–H groups in total. The van der Waals surface area contributed by atoms with E-state index in [-0.39, 0.29) is 10.7 Å². The van der Waals surface area contributed by atoms with E-state index in [1.54, 1.807) is 0 Å². The van der Waals surface area contributed by atoms with Crippen molar-refractivity contribution in [2.24, 2.45) is 17.8 Å². The number of carbonyl (C=O) groups is 1. The second-order valence-electron chi connectivity index (χ2n) is 7.02. The highest BCUT2D eigenvalue weighted by atomic mass is 35.5. The van der Waals surface area contributed by atoms with Crippen LogP contribution in [-0.4, -0.2) is 5.24 Å². The zero-order valence-corrected chi connectivity index (χ0v) is 11.8. The summed E-state index contributed by atoms with van der Waals surface area (Å²) in [5, 5.41) is -0.286. The van der Waals surface area contributed by atoms with Gasteiger partial charge in [-0.3, -0.25) is 4.79 Å². The van der Waals surface area contributed by atoms with Crippen LogP contribution in [0.5, 0.6) is 0 Å². The van der Waals surface area contributed by atoms with E-state index in [2.05, 4.69) is 12.1 Å². The van der Waals surface area contributed by atoms with Gasteiger partial charge in [0.15, 0.2) is 0 Å². The van der Waals surface area contributed by atoms with E-state index in [4.69, 9.17) is 11.6 Å². The molecule has 1 aromatic carbocycles. The Labute approximate surface area is 119 Å². The number of rotatable bonds is 2. The van der Waals surface area contributed by atoms with Gasteiger partial charge in [-0.05, 0) is 84.9 Å². The van der Waals surface area contributed by atoms with Gasteiger partial charge in [0.2, 0.25) is 0 Å². The molecule has 0 aromatic heterocycles. The van der Waals surface area contributed by atoms with Gasteiger partial charge in [-0.2, -0.15) is 0 Å². The summed E-state index contributed by atoms with van der Waals surface area (Å²) >= 11 is 5.81. The van der Waals surface area contributed by atoms with Crippen molar-refractivity contribution in [3.8, 4) is 0 Å². The first-order valence-corrected chi connectivity index (χ1v) is 7.83. The van der Waals surface area contributed by atoms with Crippen LogP contribution in [0.1, 0.15) is 54.4 Å². The lowest BCUT2D eigenvalue weighted by Gasteiger charge is -2.57. The minimum Gasteiger partial charge on any atom is -0.276 e. The summed E-state index contributed by atoms with van der Waals surface area (Å²) < 4.78 is 0. The van der Waals surface area contributed by atoms with Crippen LogP contribution in [0.4, 0.5) is 0 Å². The third-order valence-electron chi connectivity index (χ3n) is 5.75. The van der Waals surface area contributed by atoms with E-state index in [0.717, 1.165) is 23.3 Å². The predicted octanol–water partition coefficient (Wildman–Crippen LogP) is 4.53. The second-order valence-corrected chi connectivity index (χ2v) is 7.36. The minimum atomic E-state index is -0.286. The molecule has 5 rings (SSSR count). The molecule has 0 amide bonds. The summed E-state index contributed by atoms with van der Waals surface area (Å²) in [4.78, 5) is 11.7. The van der Waals surface area contributed by atoms with Crippen molar-refractivity contribution in [2.75, 3.05) is 0 Å². The van der Waals surface area contributed by atoms with E-state index in [0.29, 0.717) is 0 Å². The summed E-state index contributed by atoms with van der Waals surface area (Å²) in [5.41, 5.74) is 2.26. The largest absolute Gasteiger partial charge is 0.276 e. The SMILES string of the molecule is O=C(Cl)c1ccccc1C12CC3CC(CC(C3)C1)C2. The molecule has 1 nitrogen and oxygen atoms in total. The second kappa shape index (κ2) is 4.09. The van der Waals surface area contributed by atoms with Gasteiger partial charge in [0, 0.05) is 5.56 Å². The van der Waals surface area contributed by atoms with Gasteiger partial charge < -0.3 is 0 Å². The Balaban J connectivity index is 1.82. The van der Waals surface area contributed by atoms with Crippen LogP contribution in [0.2, 0.25) is 0 Å². The molecule has 4 aliphatic carbocycles. The molecule has 19 heavy (non-hydrogen) atoms. The highest BCUT2D eigenvalue weighted by Gasteiger charge is 2.52. The van der Waals surface area contributed by atoms with Crippen LogP contribution < -0.4 is 0 Å². The summed E-state index contributed by atoms with van der Waals surface area (Å²) in [6, 6.07) is 8.06. The molecule has 4 bridgehead atoms. The number of halogens is 1. The number of hydrogen-bond donors (Lipinski definition) is 0. The number of carbonyl (C=O) groups excluding carboxylic acids is 1. The van der Waals surface area contributed by atoms with Crippen molar-refractivity contribution < 1.29 is 4.79 Å². The normalized spacial score (nSPS) is 39.5. The Morgan fingerprint density at radius 1 is 1.00 bits per heavy atom. The maximum absolute atomic E-state index is 11.7. The van der Waals surface area contributed by atoms with Gasteiger partial charge in [0.25, 0.3) is 5.24 Å². The topological polar surface area (TPSA) is 17.1 Å². The average Bonchev–Trinajstić information content (AvgIpc) is 2.37. The zero-order chi connectivity index (χ0) is 13.0. The van der Waals surface area contributed by atoms with Crippen LogP contribution in [0.25, 0.3) is 0 Å². The fourth-order valence-corrected chi connectivity index (χ4v) is 5.72. The average molecular weight is 275 g/mol. The molecular formula is C17H19ClO. The fourth-order valence-electron chi connectivity index (χ4n) is 5.56. The molecule has 0 atom stereocenters. The van der Waals surface area contributed by atoms with Gasteiger partial charge in [-0.15, -0.1) is 0 Å². The fraction of sp³-hybridized carbons (Fsp3) is 0.588. The standard InChI is InChI=1S/C17H19ClO/c18-16(19)14-3-1-2-4-15(14)17-8-11-5-12(9-17)7-13(6-11)10-17/h1-4,11-13H,5-10H2. The van der Waals surface area contributed by atoms with Gasteiger partial charge >= 0.3 is 0 Å². The smallest absolute Gasteiger partial charge is 0.252 e. The zero-order valence-electron chi connectivity index (χ0n) is 11.1. The predicted molar refractivity (Wildman–Crippen MR) is 76.5 cm³/mol. The quantitative estimate of drug-likeness (QED) is 0.724. The van der Waals surface area contributed by atoms with E-state index < -0.39 is 0 Å². The van der Waals surface area contributed by atoms with Crippen molar-refractivity contribution in [1.29, 1.82) is 0 Å². The molecule has 100 valence electrons. The maximum atomic E-state index is 11.7. The van der Waals surface area contributed by atoms with Gasteiger partial charge in [0.05, 0.1) is 0 Å². The van der Waals surface area contributed by atoms with E-state index in [9.17, 15) is 4.79 Å². The Bertz CT molecular complexity index is 499. The molecule has 0 spiro atoms. The van der Waals surface area contributed by atoms with Crippen LogP contribution in [-0.2, 0) is 5.41 Å². The first kappa shape index (κ1) is 12.0. The Morgan fingerprint density at radius 2 is 1.53 bits per heavy atom. The van der Waals surface area contributed by atoms with Gasteiger partial charge in [-0.25, -0.2) is 0 Å². The molecule has 0 unspecified atom stereocenters. The van der Waals surface area contributed by atoms with Crippen molar-refractivity contribution in [1.82, 2.24) is 0 Å². The van der Waals surface area contributed by atoms with Crippen molar-refractivity contribution in [3.05, 3.63) is 35.4 Å². The van der Waals surface area contributed by atoms with Crippen LogP contribution >= 0.6 is 11.6 Å². The molecule has 4 saturated carbocycles. The molecule has 0 saturated heterocycles. The molecule has 4 fully saturated rings. The minimum absolute atomic E-state index is 0.260. The van der Waals surface area contributed by atoms with Crippen molar-refractivity contribution >= 4 is 16.8 Å². The van der Waals surface area contributed by atoms with Crippen LogP contribution in [0.3, 0.4) is 0 Å². The monoisotopic (exact) mass is 274 g/mol.